The molecule has 38 heavy (non-hydrogen) atoms. The number of benzene rings is 2. The number of nitriles is 1. The SMILES string of the molecule is CC1=C(C(=O)Nc2c(C)cccc2C)C(c2ccco2)C(C#N)=C(SCC(=O)Nc2cccc(Cl)c2C)N1. The fraction of sp³-hybridized carbons (Fsp3) is 0.207. The molecule has 9 heteroatoms. The van der Waals surface area contributed by atoms with Crippen LogP contribution in [0.25, 0.3) is 0 Å². The number of dihydropyridines is 1. The highest BCUT2D eigenvalue weighted by Gasteiger charge is 2.36. The average molecular weight is 547 g/mol. The van der Waals surface area contributed by atoms with Crippen molar-refractivity contribution in [2.45, 2.75) is 33.6 Å². The summed E-state index contributed by atoms with van der Waals surface area (Å²) in [4.78, 5) is 26.4. The van der Waals surface area contributed by atoms with Gasteiger partial charge in [0, 0.05) is 22.1 Å². The standard InChI is InChI=1S/C29H27ClN4O3S/c1-16-8-5-9-17(2)27(16)34-28(36)25-19(4)32-29(20(14-31)26(25)23-12-7-13-37-23)38-15-24(35)33-22-11-6-10-21(30)18(22)3/h5-13,26,32H,15H2,1-4H3,(H,33,35)(H,34,36). The van der Waals surface area contributed by atoms with Crippen LogP contribution < -0.4 is 16.0 Å². The van der Waals surface area contributed by atoms with Gasteiger partial charge in [0.1, 0.15) is 5.76 Å². The third kappa shape index (κ3) is 5.64. The first-order valence-corrected chi connectivity index (χ1v) is 13.3. The van der Waals surface area contributed by atoms with E-state index in [1.807, 2.05) is 39.0 Å². The number of anilines is 2. The minimum Gasteiger partial charge on any atom is -0.468 e. The maximum Gasteiger partial charge on any atom is 0.254 e. The Labute approximate surface area is 230 Å². The lowest BCUT2D eigenvalue weighted by molar-refractivity contribution is -0.114. The minimum absolute atomic E-state index is 0.0432. The van der Waals surface area contributed by atoms with Crippen molar-refractivity contribution in [2.24, 2.45) is 0 Å². The number of carbonyl (C=O) groups excluding carboxylic acids is 2. The molecule has 2 amide bonds. The Kier molecular flexibility index (Phi) is 8.30. The Morgan fingerprint density at radius 1 is 1.05 bits per heavy atom. The number of nitrogens with one attached hydrogen (secondary N) is 3. The van der Waals surface area contributed by atoms with Crippen LogP contribution in [0.1, 0.15) is 35.3 Å². The van der Waals surface area contributed by atoms with Crippen molar-refractivity contribution in [1.82, 2.24) is 5.32 Å². The highest BCUT2D eigenvalue weighted by molar-refractivity contribution is 8.03. The fourth-order valence-corrected chi connectivity index (χ4v) is 5.39. The van der Waals surface area contributed by atoms with E-state index in [2.05, 4.69) is 22.0 Å². The Balaban J connectivity index is 1.61. The van der Waals surface area contributed by atoms with Crippen LogP contribution in [0.5, 0.6) is 0 Å². The highest BCUT2D eigenvalue weighted by Crippen LogP contribution is 2.41. The van der Waals surface area contributed by atoms with Crippen LogP contribution in [0.3, 0.4) is 0 Å². The third-order valence-electron chi connectivity index (χ3n) is 6.33. The molecule has 1 aliphatic heterocycles. The van der Waals surface area contributed by atoms with Crippen molar-refractivity contribution in [3.05, 3.63) is 104 Å². The predicted molar refractivity (Wildman–Crippen MR) is 152 cm³/mol. The average Bonchev–Trinajstić information content (AvgIpc) is 3.42. The van der Waals surface area contributed by atoms with Gasteiger partial charge in [-0.2, -0.15) is 5.26 Å². The monoisotopic (exact) mass is 546 g/mol. The largest absolute Gasteiger partial charge is 0.468 e. The van der Waals surface area contributed by atoms with E-state index in [4.69, 9.17) is 16.0 Å². The molecule has 194 valence electrons. The van der Waals surface area contributed by atoms with Gasteiger partial charge in [-0.3, -0.25) is 9.59 Å². The van der Waals surface area contributed by atoms with E-state index in [9.17, 15) is 14.9 Å². The number of aryl methyl sites for hydroxylation is 2. The second kappa shape index (κ2) is 11.6. The molecule has 3 aromatic rings. The Hall–Kier alpha value is -3.93. The summed E-state index contributed by atoms with van der Waals surface area (Å²) in [6.07, 6.45) is 1.51. The quantitative estimate of drug-likeness (QED) is 0.309. The van der Waals surface area contributed by atoms with Crippen LogP contribution in [0.4, 0.5) is 11.4 Å². The van der Waals surface area contributed by atoms with E-state index in [0.717, 1.165) is 22.4 Å². The van der Waals surface area contributed by atoms with Gasteiger partial charge >= 0.3 is 0 Å². The lowest BCUT2D eigenvalue weighted by Gasteiger charge is -2.28. The number of hydrogen-bond acceptors (Lipinski definition) is 6. The van der Waals surface area contributed by atoms with Crippen molar-refractivity contribution in [3.8, 4) is 6.07 Å². The van der Waals surface area contributed by atoms with Gasteiger partial charge in [-0.05, 0) is 68.7 Å². The second-order valence-electron chi connectivity index (χ2n) is 8.94. The number of para-hydroxylation sites is 1. The van der Waals surface area contributed by atoms with E-state index in [1.165, 1.54) is 18.0 Å². The van der Waals surface area contributed by atoms with Gasteiger partial charge in [-0.25, -0.2) is 0 Å². The van der Waals surface area contributed by atoms with Crippen LogP contribution in [0.2, 0.25) is 5.02 Å². The maximum atomic E-state index is 13.6. The molecule has 1 aromatic heterocycles. The van der Waals surface area contributed by atoms with Gasteiger partial charge in [0.2, 0.25) is 5.91 Å². The zero-order valence-electron chi connectivity index (χ0n) is 21.4. The molecule has 1 unspecified atom stereocenters. The van der Waals surface area contributed by atoms with Gasteiger partial charge < -0.3 is 20.4 Å². The molecule has 1 aliphatic rings. The number of furan rings is 1. The molecule has 1 atom stereocenters. The van der Waals surface area contributed by atoms with Crippen molar-refractivity contribution < 1.29 is 14.0 Å². The van der Waals surface area contributed by atoms with Gasteiger partial charge in [-0.15, -0.1) is 0 Å². The number of nitrogens with zero attached hydrogens (tertiary/aromatic N) is 1. The number of allylic oxidation sites excluding steroid dienone is 2. The molecule has 0 spiro atoms. The lowest BCUT2D eigenvalue weighted by atomic mass is 9.85. The summed E-state index contributed by atoms with van der Waals surface area (Å²) < 4.78 is 5.68. The van der Waals surface area contributed by atoms with Crippen LogP contribution in [-0.2, 0) is 9.59 Å². The summed E-state index contributed by atoms with van der Waals surface area (Å²) in [5, 5.41) is 20.3. The van der Waals surface area contributed by atoms with Crippen LogP contribution in [0.15, 0.2) is 81.1 Å². The molecule has 0 aliphatic carbocycles. The molecule has 4 rings (SSSR count). The van der Waals surface area contributed by atoms with E-state index in [-0.39, 0.29) is 17.6 Å². The zero-order chi connectivity index (χ0) is 27.4. The predicted octanol–water partition coefficient (Wildman–Crippen LogP) is 6.56. The molecular weight excluding hydrogens is 520 g/mol. The lowest BCUT2D eigenvalue weighted by Crippen LogP contribution is -2.31. The van der Waals surface area contributed by atoms with E-state index in [0.29, 0.717) is 38.3 Å². The first kappa shape index (κ1) is 27.1. The number of thioether (sulfide) groups is 1. The van der Waals surface area contributed by atoms with Gasteiger partial charge in [0.05, 0.1) is 40.2 Å². The molecule has 7 nitrogen and oxygen atoms in total. The van der Waals surface area contributed by atoms with Gasteiger partial charge in [-0.1, -0.05) is 47.6 Å². The first-order valence-electron chi connectivity index (χ1n) is 11.9. The van der Waals surface area contributed by atoms with Crippen molar-refractivity contribution in [1.29, 1.82) is 5.26 Å². The summed E-state index contributed by atoms with van der Waals surface area (Å²) in [5.41, 5.74) is 5.25. The molecule has 0 bridgehead atoms. The Morgan fingerprint density at radius 2 is 1.76 bits per heavy atom. The Morgan fingerprint density at radius 3 is 2.42 bits per heavy atom. The normalized spacial score (nSPS) is 15.1. The number of amides is 2. The first-order chi connectivity index (χ1) is 18.2. The number of carbonyl (C=O) groups is 2. The molecule has 3 N–H and O–H groups in total. The summed E-state index contributed by atoms with van der Waals surface area (Å²) in [7, 11) is 0. The second-order valence-corrected chi connectivity index (χ2v) is 10.3. The Bertz CT molecular complexity index is 1480. The molecule has 2 heterocycles. The fourth-order valence-electron chi connectivity index (χ4n) is 4.33. The van der Waals surface area contributed by atoms with E-state index >= 15 is 0 Å². The molecule has 0 saturated carbocycles. The smallest absolute Gasteiger partial charge is 0.254 e. The highest BCUT2D eigenvalue weighted by atomic mass is 35.5. The van der Waals surface area contributed by atoms with Crippen LogP contribution in [-0.4, -0.2) is 17.6 Å². The summed E-state index contributed by atoms with van der Waals surface area (Å²) in [6.45, 7) is 7.47. The molecule has 2 aromatic carbocycles. The summed E-state index contributed by atoms with van der Waals surface area (Å²) in [6, 6.07) is 16.8. The molecular formula is C29H27ClN4O3S. The number of halogens is 1. The van der Waals surface area contributed by atoms with Gasteiger partial charge in [0.25, 0.3) is 5.91 Å². The van der Waals surface area contributed by atoms with Crippen molar-refractivity contribution in [3.63, 3.8) is 0 Å². The molecule has 0 fully saturated rings. The maximum absolute atomic E-state index is 13.6. The van der Waals surface area contributed by atoms with Crippen molar-refractivity contribution in [2.75, 3.05) is 16.4 Å². The van der Waals surface area contributed by atoms with E-state index < -0.39 is 5.92 Å². The third-order valence-corrected chi connectivity index (χ3v) is 7.76. The molecule has 0 radical (unpaired) electrons. The van der Waals surface area contributed by atoms with Gasteiger partial charge in [0.15, 0.2) is 0 Å². The van der Waals surface area contributed by atoms with Crippen LogP contribution >= 0.6 is 23.4 Å². The topological polar surface area (TPSA) is 107 Å². The minimum atomic E-state index is -0.735. The van der Waals surface area contributed by atoms with E-state index in [1.54, 1.807) is 37.3 Å². The summed E-state index contributed by atoms with van der Waals surface area (Å²) >= 11 is 7.35. The number of hydrogen-bond donors (Lipinski definition) is 3. The number of rotatable bonds is 7. The van der Waals surface area contributed by atoms with Crippen molar-refractivity contribution >= 4 is 46.6 Å². The summed E-state index contributed by atoms with van der Waals surface area (Å²) in [5.74, 6) is -0.810. The van der Waals surface area contributed by atoms with Crippen LogP contribution in [0, 0.1) is 32.1 Å². The zero-order valence-corrected chi connectivity index (χ0v) is 23.0. The molecule has 0 saturated heterocycles.